The number of aryl methyl sites for hydroxylation is 1. The van der Waals surface area contributed by atoms with E-state index in [1.807, 2.05) is 41.2 Å². The monoisotopic (exact) mass is 288 g/mol. The highest BCUT2D eigenvalue weighted by molar-refractivity contribution is 7.15. The second-order valence-electron chi connectivity index (χ2n) is 4.55. The van der Waals surface area contributed by atoms with Crippen LogP contribution in [0.15, 0.2) is 29.9 Å². The van der Waals surface area contributed by atoms with Crippen LogP contribution in [0.2, 0.25) is 0 Å². The Bertz CT molecular complexity index is 690. The smallest absolute Gasteiger partial charge is 0.193 e. The number of pyridine rings is 1. The molecule has 0 aliphatic carbocycles. The zero-order chi connectivity index (χ0) is 13.9. The summed E-state index contributed by atoms with van der Waals surface area (Å²) in [4.78, 5) is 9.95. The van der Waals surface area contributed by atoms with Crippen molar-refractivity contribution in [2.24, 2.45) is 5.73 Å². The number of aromatic nitrogens is 3. The Morgan fingerprint density at radius 2 is 2.25 bits per heavy atom. The molecule has 0 bridgehead atoms. The van der Waals surface area contributed by atoms with Gasteiger partial charge in [-0.15, -0.1) is 11.3 Å². The molecule has 104 valence electrons. The molecule has 0 fully saturated rings. The largest absolute Gasteiger partial charge is 0.485 e. The van der Waals surface area contributed by atoms with Gasteiger partial charge in [0.1, 0.15) is 12.4 Å². The molecule has 0 saturated carbocycles. The standard InChI is InChI=1S/C14H16N4OS/c1-10-2-3-13(12(16-10)4-5-15)19-9-11-8-18-6-7-20-14(18)17-11/h2-3,6-8H,4-5,9,15H2,1H3. The molecule has 3 rings (SSSR count). The van der Waals surface area contributed by atoms with E-state index in [0.717, 1.165) is 34.2 Å². The number of nitrogens with two attached hydrogens (primary N) is 1. The van der Waals surface area contributed by atoms with Crippen LogP contribution in [0, 0.1) is 6.92 Å². The third-order valence-electron chi connectivity index (χ3n) is 2.97. The number of hydrogen-bond acceptors (Lipinski definition) is 5. The molecule has 0 aliphatic heterocycles. The molecule has 6 heteroatoms. The van der Waals surface area contributed by atoms with Crippen molar-refractivity contribution in [3.05, 3.63) is 47.0 Å². The van der Waals surface area contributed by atoms with Gasteiger partial charge in [0.05, 0.1) is 11.4 Å². The minimum Gasteiger partial charge on any atom is -0.485 e. The molecule has 0 aliphatic rings. The van der Waals surface area contributed by atoms with Crippen LogP contribution in [0.3, 0.4) is 0 Å². The number of nitrogens with zero attached hydrogens (tertiary/aromatic N) is 3. The van der Waals surface area contributed by atoms with Gasteiger partial charge in [0.2, 0.25) is 0 Å². The lowest BCUT2D eigenvalue weighted by molar-refractivity contribution is 0.297. The SMILES string of the molecule is Cc1ccc(OCc2cn3ccsc3n2)c(CCN)n1. The van der Waals surface area contributed by atoms with E-state index < -0.39 is 0 Å². The van der Waals surface area contributed by atoms with Crippen molar-refractivity contribution in [2.75, 3.05) is 6.54 Å². The van der Waals surface area contributed by atoms with E-state index in [4.69, 9.17) is 10.5 Å². The van der Waals surface area contributed by atoms with E-state index in [-0.39, 0.29) is 0 Å². The lowest BCUT2D eigenvalue weighted by atomic mass is 10.2. The maximum Gasteiger partial charge on any atom is 0.193 e. The molecule has 0 unspecified atom stereocenters. The van der Waals surface area contributed by atoms with Crippen LogP contribution in [0.25, 0.3) is 4.96 Å². The fourth-order valence-electron chi connectivity index (χ4n) is 2.04. The van der Waals surface area contributed by atoms with E-state index in [0.29, 0.717) is 13.2 Å². The quantitative estimate of drug-likeness (QED) is 0.781. The van der Waals surface area contributed by atoms with E-state index in [9.17, 15) is 0 Å². The lowest BCUT2D eigenvalue weighted by Gasteiger charge is -2.09. The zero-order valence-electron chi connectivity index (χ0n) is 11.2. The van der Waals surface area contributed by atoms with Crippen LogP contribution in [-0.2, 0) is 13.0 Å². The average Bonchev–Trinajstić information content (AvgIpc) is 2.99. The number of ether oxygens (including phenoxy) is 1. The summed E-state index contributed by atoms with van der Waals surface area (Å²) in [6.07, 6.45) is 4.69. The van der Waals surface area contributed by atoms with Gasteiger partial charge in [-0.25, -0.2) is 4.98 Å². The highest BCUT2D eigenvalue weighted by Crippen LogP contribution is 2.19. The van der Waals surface area contributed by atoms with E-state index >= 15 is 0 Å². The Kier molecular flexibility index (Phi) is 3.66. The van der Waals surface area contributed by atoms with Crippen molar-refractivity contribution in [1.82, 2.24) is 14.4 Å². The first-order chi connectivity index (χ1) is 9.76. The summed E-state index contributed by atoms with van der Waals surface area (Å²) in [7, 11) is 0. The average molecular weight is 288 g/mol. The molecule has 3 aromatic heterocycles. The van der Waals surface area contributed by atoms with Crippen molar-refractivity contribution in [2.45, 2.75) is 20.0 Å². The van der Waals surface area contributed by atoms with Gasteiger partial charge in [0.25, 0.3) is 0 Å². The van der Waals surface area contributed by atoms with Gasteiger partial charge in [0.15, 0.2) is 4.96 Å². The van der Waals surface area contributed by atoms with Crippen molar-refractivity contribution in [3.8, 4) is 5.75 Å². The fraction of sp³-hybridized carbons (Fsp3) is 0.286. The summed E-state index contributed by atoms with van der Waals surface area (Å²) in [6.45, 7) is 2.97. The van der Waals surface area contributed by atoms with E-state index in [1.165, 1.54) is 0 Å². The number of imidazole rings is 1. The second-order valence-corrected chi connectivity index (χ2v) is 5.42. The predicted octanol–water partition coefficient (Wildman–Crippen LogP) is 2.18. The zero-order valence-corrected chi connectivity index (χ0v) is 12.1. The summed E-state index contributed by atoms with van der Waals surface area (Å²) < 4.78 is 7.84. The van der Waals surface area contributed by atoms with Crippen molar-refractivity contribution in [3.63, 3.8) is 0 Å². The molecular formula is C14H16N4OS. The van der Waals surface area contributed by atoms with Gasteiger partial charge >= 0.3 is 0 Å². The first-order valence-corrected chi connectivity index (χ1v) is 7.34. The number of rotatable bonds is 5. The second kappa shape index (κ2) is 5.60. The van der Waals surface area contributed by atoms with Gasteiger partial charge in [-0.3, -0.25) is 9.38 Å². The van der Waals surface area contributed by atoms with Crippen LogP contribution in [0.5, 0.6) is 5.75 Å². The summed E-state index contributed by atoms with van der Waals surface area (Å²) in [5, 5.41) is 2.01. The molecule has 2 N–H and O–H groups in total. The molecule has 0 amide bonds. The number of thiazole rings is 1. The minimum atomic E-state index is 0.441. The van der Waals surface area contributed by atoms with Crippen LogP contribution >= 0.6 is 11.3 Å². The fourth-order valence-corrected chi connectivity index (χ4v) is 2.76. The Morgan fingerprint density at radius 1 is 1.35 bits per heavy atom. The first kappa shape index (κ1) is 13.1. The van der Waals surface area contributed by atoms with E-state index in [2.05, 4.69) is 9.97 Å². The van der Waals surface area contributed by atoms with Crippen molar-refractivity contribution >= 4 is 16.3 Å². The summed E-state index contributed by atoms with van der Waals surface area (Å²) in [5.41, 5.74) is 8.41. The van der Waals surface area contributed by atoms with Crippen molar-refractivity contribution in [1.29, 1.82) is 0 Å². The Hall–Kier alpha value is -1.92. The molecule has 0 atom stereocenters. The topological polar surface area (TPSA) is 65.4 Å². The molecular weight excluding hydrogens is 272 g/mol. The summed E-state index contributed by atoms with van der Waals surface area (Å²) in [5.74, 6) is 0.789. The third kappa shape index (κ3) is 2.66. The van der Waals surface area contributed by atoms with Gasteiger partial charge in [0, 0.05) is 29.9 Å². The highest BCUT2D eigenvalue weighted by Gasteiger charge is 2.08. The summed E-state index contributed by atoms with van der Waals surface area (Å²) in [6, 6.07) is 3.90. The minimum absolute atomic E-state index is 0.441. The normalized spacial score (nSPS) is 11.1. The maximum atomic E-state index is 5.84. The van der Waals surface area contributed by atoms with Gasteiger partial charge in [-0.05, 0) is 25.6 Å². The van der Waals surface area contributed by atoms with Crippen LogP contribution < -0.4 is 10.5 Å². The summed E-state index contributed by atoms with van der Waals surface area (Å²) >= 11 is 1.61. The third-order valence-corrected chi connectivity index (χ3v) is 3.74. The van der Waals surface area contributed by atoms with Crippen LogP contribution in [0.1, 0.15) is 17.1 Å². The molecule has 20 heavy (non-hydrogen) atoms. The van der Waals surface area contributed by atoms with Gasteiger partial charge in [-0.1, -0.05) is 0 Å². The maximum absolute atomic E-state index is 5.84. The van der Waals surface area contributed by atoms with Crippen LogP contribution in [0.4, 0.5) is 0 Å². The lowest BCUT2D eigenvalue weighted by Crippen LogP contribution is -2.08. The Labute approximate surface area is 121 Å². The van der Waals surface area contributed by atoms with Crippen LogP contribution in [-0.4, -0.2) is 20.9 Å². The molecule has 0 radical (unpaired) electrons. The molecule has 0 saturated heterocycles. The number of fused-ring (bicyclic) bond motifs is 1. The molecule has 0 spiro atoms. The molecule has 3 heterocycles. The molecule has 0 aromatic carbocycles. The molecule has 5 nitrogen and oxygen atoms in total. The highest BCUT2D eigenvalue weighted by atomic mass is 32.1. The predicted molar refractivity (Wildman–Crippen MR) is 79.1 cm³/mol. The van der Waals surface area contributed by atoms with E-state index in [1.54, 1.807) is 11.3 Å². The van der Waals surface area contributed by atoms with Crippen molar-refractivity contribution < 1.29 is 4.74 Å². The van der Waals surface area contributed by atoms with Gasteiger partial charge < -0.3 is 10.5 Å². The van der Waals surface area contributed by atoms with Gasteiger partial charge in [-0.2, -0.15) is 0 Å². The number of hydrogen-bond donors (Lipinski definition) is 1. The Morgan fingerprint density at radius 3 is 3.05 bits per heavy atom. The Balaban J connectivity index is 1.75. The first-order valence-electron chi connectivity index (χ1n) is 6.47. The molecule has 3 aromatic rings.